The number of aryl methyl sites for hydroxylation is 1. The van der Waals surface area contributed by atoms with Crippen LogP contribution in [0.1, 0.15) is 98.7 Å². The molecule has 12 nitrogen and oxygen atoms in total. The number of sulfone groups is 1. The summed E-state index contributed by atoms with van der Waals surface area (Å²) in [5.41, 5.74) is -4.61. The van der Waals surface area contributed by atoms with Gasteiger partial charge in [0.2, 0.25) is 15.9 Å². The summed E-state index contributed by atoms with van der Waals surface area (Å²) in [7, 11) is -6.13. The zero-order valence-corrected chi connectivity index (χ0v) is 36.9. The van der Waals surface area contributed by atoms with Gasteiger partial charge >= 0.3 is 0 Å². The molecule has 23 heteroatoms. The highest BCUT2D eigenvalue weighted by Gasteiger charge is 2.55. The lowest BCUT2D eigenvalue weighted by Gasteiger charge is -2.29. The fraction of sp³-hybridized carbons (Fsp3) is 0.429. The van der Waals surface area contributed by atoms with Crippen LogP contribution in [0.3, 0.4) is 0 Å². The van der Waals surface area contributed by atoms with Crippen molar-refractivity contribution in [3.8, 4) is 23.0 Å². The highest BCUT2D eigenvalue weighted by Crippen LogP contribution is 2.52. The topological polar surface area (TPSA) is 158 Å². The normalized spacial score (nSPS) is 17.7. The highest BCUT2D eigenvalue weighted by atomic mass is 35.5. The van der Waals surface area contributed by atoms with Gasteiger partial charge in [0.15, 0.2) is 15.7 Å². The predicted octanol–water partition coefficient (Wildman–Crippen LogP) is 8.39. The van der Waals surface area contributed by atoms with E-state index in [9.17, 15) is 39.2 Å². The number of hydrogen-bond donors (Lipinski definition) is 2. The fourth-order valence-electron chi connectivity index (χ4n) is 7.98. The van der Waals surface area contributed by atoms with Crippen LogP contribution in [0.5, 0.6) is 0 Å². The first-order chi connectivity index (χ1) is 30.3. The van der Waals surface area contributed by atoms with E-state index in [0.29, 0.717) is 31.7 Å². The Bertz CT molecular complexity index is 3050. The number of hydrogen-bond acceptors (Lipinski definition) is 8. The Hall–Kier alpha value is -5.27. The van der Waals surface area contributed by atoms with E-state index in [-0.39, 0.29) is 54.5 Å². The molecule has 2 saturated carbocycles. The molecular formula is C42H38ClF8N7O5S2. The molecule has 3 aromatic heterocycles. The molecule has 3 aliphatic rings. The van der Waals surface area contributed by atoms with Crippen LogP contribution >= 0.6 is 11.6 Å². The lowest BCUT2D eigenvalue weighted by molar-refractivity contribution is -0.123. The quantitative estimate of drug-likeness (QED) is 0.0880. The molecular weight excluding hydrogens is 934 g/mol. The van der Waals surface area contributed by atoms with E-state index in [2.05, 4.69) is 32.1 Å². The van der Waals surface area contributed by atoms with Crippen molar-refractivity contribution in [2.24, 2.45) is 7.05 Å². The van der Waals surface area contributed by atoms with E-state index in [1.165, 1.54) is 49.8 Å². The van der Waals surface area contributed by atoms with Gasteiger partial charge in [0.05, 0.1) is 43.7 Å². The van der Waals surface area contributed by atoms with Crippen molar-refractivity contribution >= 4 is 54.1 Å². The number of nitrogens with one attached hydrogen (secondary N) is 2. The average molecular weight is 972 g/mol. The minimum atomic E-state index is -4.14. The largest absolute Gasteiger partial charge is 0.346 e. The summed E-state index contributed by atoms with van der Waals surface area (Å²) in [6.07, 6.45) is -5.35. The second kappa shape index (κ2) is 16.3. The Balaban J connectivity index is 1.30. The van der Waals surface area contributed by atoms with Gasteiger partial charge in [0, 0.05) is 37.1 Å². The number of nitrogens with zero attached hydrogens (tertiary/aromatic N) is 5. The minimum absolute atomic E-state index is 0.0645. The van der Waals surface area contributed by atoms with Gasteiger partial charge in [-0.05, 0) is 87.8 Å². The van der Waals surface area contributed by atoms with Gasteiger partial charge in [-0.2, -0.15) is 19.0 Å². The third-order valence-electron chi connectivity index (χ3n) is 11.5. The van der Waals surface area contributed by atoms with Crippen molar-refractivity contribution in [2.45, 2.75) is 105 Å². The molecule has 1 amide bonds. The second-order valence-corrected chi connectivity index (χ2v) is 22.0. The highest BCUT2D eigenvalue weighted by molar-refractivity contribution is 7.94. The van der Waals surface area contributed by atoms with E-state index >= 15 is 17.6 Å². The number of rotatable bonds is 13. The number of fused-ring (bicyclic) bond motifs is 2. The molecule has 2 N–H and O–H groups in total. The number of aromatic nitrogens is 5. The van der Waals surface area contributed by atoms with Crippen molar-refractivity contribution in [2.75, 3.05) is 4.72 Å². The summed E-state index contributed by atoms with van der Waals surface area (Å²) < 4.78 is 173. The fourth-order valence-corrected chi connectivity index (χ4v) is 11.3. The molecule has 0 aliphatic heterocycles. The Kier molecular flexibility index (Phi) is 11.6. The molecule has 1 atom stereocenters. The van der Waals surface area contributed by atoms with Crippen LogP contribution in [0.4, 0.5) is 40.9 Å². The number of halogens is 9. The molecule has 8 rings (SSSR count). The van der Waals surface area contributed by atoms with Gasteiger partial charge < -0.3 is 5.32 Å². The van der Waals surface area contributed by atoms with Crippen molar-refractivity contribution < 1.29 is 56.8 Å². The molecule has 0 bridgehead atoms. The van der Waals surface area contributed by atoms with E-state index in [1.807, 2.05) is 0 Å². The number of carbonyl (C=O) groups excluding carboxylic acids is 1. The van der Waals surface area contributed by atoms with Gasteiger partial charge in [0.25, 0.3) is 18.3 Å². The lowest BCUT2D eigenvalue weighted by atomic mass is 9.89. The van der Waals surface area contributed by atoms with Crippen LogP contribution < -0.4 is 10.0 Å². The van der Waals surface area contributed by atoms with Crippen LogP contribution in [-0.2, 0) is 56.5 Å². The monoisotopic (exact) mass is 971 g/mol. The number of benzene rings is 2. The SMILES string of the molecule is Cn1nc(NS(=O)(=O)C2CC2)c2c(Cl)ccc(-c3ccc(C#CC(C)(C)S(=O)(=O)C4CC4)nc3[C@H](Cc3cc(F)cc(F)c3)NC(=O)Cn3nc(C(F)F)c4c3C(F)(F)CCC4(F)F)c21. The molecule has 2 aromatic carbocycles. The van der Waals surface area contributed by atoms with Crippen LogP contribution in [-0.4, -0.2) is 62.5 Å². The third kappa shape index (κ3) is 8.90. The van der Waals surface area contributed by atoms with Crippen LogP contribution in [0.25, 0.3) is 22.0 Å². The maximum absolute atomic E-state index is 15.3. The zero-order chi connectivity index (χ0) is 47.2. The molecule has 0 unspecified atom stereocenters. The summed E-state index contributed by atoms with van der Waals surface area (Å²) in [5.74, 6) is -6.17. The smallest absolute Gasteiger partial charge is 0.290 e. The zero-order valence-electron chi connectivity index (χ0n) is 34.5. The second-order valence-electron chi connectivity index (χ2n) is 16.8. The first-order valence-electron chi connectivity index (χ1n) is 20.1. The summed E-state index contributed by atoms with van der Waals surface area (Å²) in [6.45, 7) is 1.52. The first-order valence-corrected chi connectivity index (χ1v) is 23.6. The Labute approximate surface area is 372 Å². The summed E-state index contributed by atoms with van der Waals surface area (Å²) in [5, 5.41) is 9.26. The Morgan fingerprint density at radius 2 is 1.54 bits per heavy atom. The molecule has 3 aliphatic carbocycles. The van der Waals surface area contributed by atoms with Gasteiger partial charge in [-0.25, -0.2) is 48.2 Å². The van der Waals surface area contributed by atoms with Crippen molar-refractivity contribution in [3.05, 3.63) is 93.0 Å². The molecule has 346 valence electrons. The number of alkyl halides is 6. The third-order valence-corrected chi connectivity index (χ3v) is 16.5. The van der Waals surface area contributed by atoms with Crippen molar-refractivity contribution in [3.63, 3.8) is 0 Å². The van der Waals surface area contributed by atoms with Crippen LogP contribution in [0.15, 0.2) is 42.5 Å². The van der Waals surface area contributed by atoms with Crippen LogP contribution in [0, 0.1) is 23.5 Å². The summed E-state index contributed by atoms with van der Waals surface area (Å²) in [4.78, 5) is 18.8. The molecule has 65 heavy (non-hydrogen) atoms. The van der Waals surface area contributed by atoms with Gasteiger partial charge in [-0.1, -0.05) is 23.6 Å². The van der Waals surface area contributed by atoms with E-state index in [0.717, 1.165) is 12.1 Å². The van der Waals surface area contributed by atoms with Crippen molar-refractivity contribution in [1.82, 2.24) is 29.9 Å². The molecule has 0 saturated heterocycles. The van der Waals surface area contributed by atoms with Gasteiger partial charge in [-0.15, -0.1) is 0 Å². The predicted molar refractivity (Wildman–Crippen MR) is 223 cm³/mol. The number of sulfonamides is 1. The standard InChI is InChI=1S/C42H38ClF8N7O5S2/c1-40(2,64(60,61)25-5-6-25)13-12-24-4-9-27(28-10-11-29(43)32-36(28)57(3)55-39(32)56-65(62,63)26-7-8-26)34(52-24)30(18-21-16-22(44)19-23(45)17-21)53-31(59)20-58-37-33(35(54-58)38(46)47)41(48,49)14-15-42(37,50)51/h4,9-11,16-17,19,25-26,30,38H,5-8,14-15,18,20H2,1-3H3,(H,53,59)(H,55,56)/t30-/m0/s1. The summed E-state index contributed by atoms with van der Waals surface area (Å²) in [6, 6.07) is 6.69. The lowest BCUT2D eigenvalue weighted by Crippen LogP contribution is -2.37. The Morgan fingerprint density at radius 3 is 2.17 bits per heavy atom. The van der Waals surface area contributed by atoms with E-state index in [4.69, 9.17) is 16.6 Å². The molecule has 0 radical (unpaired) electrons. The minimum Gasteiger partial charge on any atom is -0.346 e. The molecule has 2 fully saturated rings. The number of anilines is 1. The first kappa shape index (κ1) is 46.3. The van der Waals surface area contributed by atoms with Gasteiger partial charge in [-0.3, -0.25) is 18.9 Å². The molecule has 3 heterocycles. The van der Waals surface area contributed by atoms with E-state index in [1.54, 1.807) is 0 Å². The molecule has 5 aromatic rings. The van der Waals surface area contributed by atoms with Gasteiger partial charge in [0.1, 0.15) is 40.0 Å². The maximum atomic E-state index is 15.3. The summed E-state index contributed by atoms with van der Waals surface area (Å²) >= 11 is 6.67. The van der Waals surface area contributed by atoms with Crippen molar-refractivity contribution in [1.29, 1.82) is 0 Å². The number of pyridine rings is 1. The number of carbonyl (C=O) groups is 1. The molecule has 0 spiro atoms. The number of amides is 1. The van der Waals surface area contributed by atoms with E-state index < -0.39 is 120 Å². The van der Waals surface area contributed by atoms with Crippen LogP contribution in [0.2, 0.25) is 5.02 Å². The Morgan fingerprint density at radius 1 is 0.908 bits per heavy atom. The maximum Gasteiger partial charge on any atom is 0.290 e. The average Bonchev–Trinajstić information content (AvgIpc) is 4.15.